The number of nitrogens with zero attached hydrogens (tertiary/aromatic N) is 1. The first-order chi connectivity index (χ1) is 7.99. The topological polar surface area (TPSA) is 65.6 Å². The van der Waals surface area contributed by atoms with Crippen LogP contribution in [0.15, 0.2) is 18.2 Å². The zero-order valence-electron chi connectivity index (χ0n) is 9.28. The van der Waals surface area contributed by atoms with E-state index in [9.17, 15) is 8.78 Å². The first-order valence-electron chi connectivity index (χ1n) is 5.15. The molecule has 1 fully saturated rings. The molecule has 0 amide bonds. The molecule has 3 N–H and O–H groups in total. The van der Waals surface area contributed by atoms with E-state index >= 15 is 0 Å². The van der Waals surface area contributed by atoms with Crippen LogP contribution in [0.3, 0.4) is 0 Å². The van der Waals surface area contributed by atoms with Gasteiger partial charge in [-0.2, -0.15) is 0 Å². The third-order valence-electron chi connectivity index (χ3n) is 2.96. The number of hydrogen-bond acceptors (Lipinski definition) is 3. The molecule has 1 aliphatic heterocycles. The number of benzene rings is 1. The largest absolute Gasteiger partial charge is 0.359 e. The second kappa shape index (κ2) is 4.05. The van der Waals surface area contributed by atoms with E-state index in [0.29, 0.717) is 0 Å². The van der Waals surface area contributed by atoms with Gasteiger partial charge in [-0.1, -0.05) is 6.07 Å². The molecule has 6 heteroatoms. The number of nitrogens with one attached hydrogen (secondary N) is 1. The van der Waals surface area contributed by atoms with Gasteiger partial charge >= 0.3 is 0 Å². The number of hydrogen-bond donors (Lipinski definition) is 2. The fourth-order valence-electron chi connectivity index (χ4n) is 1.96. The van der Waals surface area contributed by atoms with Crippen LogP contribution in [-0.2, 0) is 10.3 Å². The third-order valence-corrected chi connectivity index (χ3v) is 2.96. The smallest absolute Gasteiger partial charge is 0.141 e. The maximum absolute atomic E-state index is 13.7. The Labute approximate surface area is 97.5 Å². The van der Waals surface area contributed by atoms with E-state index in [2.05, 4.69) is 0 Å². The van der Waals surface area contributed by atoms with Crippen LogP contribution in [-0.4, -0.2) is 24.0 Å². The lowest BCUT2D eigenvalue weighted by atomic mass is 9.95. The number of hydrazine groups is 1. The average molecular weight is 241 g/mol. The van der Waals surface area contributed by atoms with E-state index in [4.69, 9.17) is 16.0 Å². The molecule has 0 aliphatic carbocycles. The molecule has 2 rings (SSSR count). The maximum Gasteiger partial charge on any atom is 0.141 e. The van der Waals surface area contributed by atoms with Gasteiger partial charge in [-0.15, -0.1) is 0 Å². The van der Waals surface area contributed by atoms with Crippen LogP contribution in [0.5, 0.6) is 0 Å². The number of epoxide rings is 1. The number of rotatable bonds is 4. The van der Waals surface area contributed by atoms with Gasteiger partial charge in [0.25, 0.3) is 0 Å². The van der Waals surface area contributed by atoms with Crippen molar-refractivity contribution in [3.63, 3.8) is 0 Å². The Balaban J connectivity index is 2.32. The second-order valence-electron chi connectivity index (χ2n) is 4.08. The highest BCUT2D eigenvalue weighted by Crippen LogP contribution is 2.47. The van der Waals surface area contributed by atoms with Crippen molar-refractivity contribution in [3.8, 4) is 0 Å². The van der Waals surface area contributed by atoms with Gasteiger partial charge in [-0.3, -0.25) is 10.4 Å². The number of halogens is 2. The molecule has 0 bridgehead atoms. The van der Waals surface area contributed by atoms with E-state index < -0.39 is 17.2 Å². The summed E-state index contributed by atoms with van der Waals surface area (Å²) >= 11 is 0. The highest BCUT2D eigenvalue weighted by molar-refractivity contribution is 5.50. The minimum atomic E-state index is -0.885. The van der Waals surface area contributed by atoms with E-state index in [1.54, 1.807) is 6.92 Å². The Morgan fingerprint density at radius 3 is 2.71 bits per heavy atom. The molecule has 2 atom stereocenters. The molecule has 1 aromatic rings. The van der Waals surface area contributed by atoms with E-state index in [-0.39, 0.29) is 18.2 Å². The van der Waals surface area contributed by atoms with Crippen LogP contribution in [0.2, 0.25) is 0 Å². The Morgan fingerprint density at radius 1 is 1.59 bits per heavy atom. The van der Waals surface area contributed by atoms with E-state index in [1.165, 1.54) is 12.1 Å². The van der Waals surface area contributed by atoms with E-state index in [1.807, 2.05) is 0 Å². The summed E-state index contributed by atoms with van der Waals surface area (Å²) in [5.74, 6) is 4.20. The Morgan fingerprint density at radius 2 is 2.24 bits per heavy atom. The SMILES string of the molecule is C[C@@H]1O[C@@]1(CN(N)C=N)c1ccc(F)cc1F. The van der Waals surface area contributed by atoms with Crippen LogP contribution in [0.1, 0.15) is 12.5 Å². The summed E-state index contributed by atoms with van der Waals surface area (Å²) in [5.41, 5.74) is -0.618. The van der Waals surface area contributed by atoms with Crippen molar-refractivity contribution < 1.29 is 13.5 Å². The van der Waals surface area contributed by atoms with Crippen LogP contribution >= 0.6 is 0 Å². The Kier molecular flexibility index (Phi) is 2.84. The van der Waals surface area contributed by atoms with Crippen molar-refractivity contribution in [1.82, 2.24) is 5.01 Å². The number of ether oxygens (including phenoxy) is 1. The van der Waals surface area contributed by atoms with Crippen LogP contribution in [0.4, 0.5) is 8.78 Å². The molecular weight excluding hydrogens is 228 g/mol. The number of nitrogens with two attached hydrogens (primary N) is 1. The summed E-state index contributed by atoms with van der Waals surface area (Å²) in [6.07, 6.45) is 0.714. The summed E-state index contributed by atoms with van der Waals surface area (Å²) in [6, 6.07) is 3.35. The molecule has 4 nitrogen and oxygen atoms in total. The van der Waals surface area contributed by atoms with Crippen molar-refractivity contribution in [1.29, 1.82) is 5.41 Å². The van der Waals surface area contributed by atoms with Crippen molar-refractivity contribution >= 4 is 6.34 Å². The molecule has 0 aromatic heterocycles. The molecule has 1 aliphatic rings. The average Bonchev–Trinajstić information content (AvgIpc) is 2.89. The quantitative estimate of drug-likeness (QED) is 0.275. The van der Waals surface area contributed by atoms with Gasteiger partial charge in [0.05, 0.1) is 19.0 Å². The van der Waals surface area contributed by atoms with Crippen molar-refractivity contribution in [2.45, 2.75) is 18.6 Å². The van der Waals surface area contributed by atoms with Crippen molar-refractivity contribution in [2.75, 3.05) is 6.54 Å². The normalized spacial score (nSPS) is 26.7. The van der Waals surface area contributed by atoms with Crippen molar-refractivity contribution in [2.24, 2.45) is 5.84 Å². The molecule has 1 heterocycles. The second-order valence-corrected chi connectivity index (χ2v) is 4.08. The zero-order chi connectivity index (χ0) is 12.6. The molecule has 0 saturated carbocycles. The van der Waals surface area contributed by atoms with E-state index in [0.717, 1.165) is 17.4 Å². The lowest BCUT2D eigenvalue weighted by Gasteiger charge is -2.19. The summed E-state index contributed by atoms with van der Waals surface area (Å²) < 4.78 is 31.9. The lowest BCUT2D eigenvalue weighted by Crippen LogP contribution is -2.38. The highest BCUT2D eigenvalue weighted by Gasteiger charge is 2.56. The molecule has 0 unspecified atom stereocenters. The Bertz CT molecular complexity index is 454. The van der Waals surface area contributed by atoms with Gasteiger partial charge in [-0.05, 0) is 13.0 Å². The first-order valence-corrected chi connectivity index (χ1v) is 5.15. The fraction of sp³-hybridized carbons (Fsp3) is 0.364. The predicted molar refractivity (Wildman–Crippen MR) is 58.3 cm³/mol. The molecule has 1 aromatic carbocycles. The summed E-state index contributed by atoms with van der Waals surface area (Å²) in [5, 5.41) is 8.10. The third kappa shape index (κ3) is 2.01. The lowest BCUT2D eigenvalue weighted by molar-refractivity contribution is 0.242. The minimum absolute atomic E-state index is 0.153. The van der Waals surface area contributed by atoms with Crippen LogP contribution in [0.25, 0.3) is 0 Å². The minimum Gasteiger partial charge on any atom is -0.359 e. The van der Waals surface area contributed by atoms with Crippen molar-refractivity contribution in [3.05, 3.63) is 35.4 Å². The summed E-state index contributed by atoms with van der Waals surface area (Å²) in [6.45, 7) is 1.93. The molecule has 0 radical (unpaired) electrons. The molecule has 92 valence electrons. The van der Waals surface area contributed by atoms with Crippen LogP contribution in [0, 0.1) is 17.0 Å². The predicted octanol–water partition coefficient (Wildman–Crippen LogP) is 1.36. The van der Waals surface area contributed by atoms with Gasteiger partial charge in [0, 0.05) is 11.6 Å². The maximum atomic E-state index is 13.7. The van der Waals surface area contributed by atoms with Gasteiger partial charge < -0.3 is 4.74 Å². The van der Waals surface area contributed by atoms with Gasteiger partial charge in [-0.25, -0.2) is 14.6 Å². The summed E-state index contributed by atoms with van der Waals surface area (Å²) in [4.78, 5) is 0. The van der Waals surface area contributed by atoms with Gasteiger partial charge in [0.2, 0.25) is 0 Å². The zero-order valence-corrected chi connectivity index (χ0v) is 9.28. The summed E-state index contributed by atoms with van der Waals surface area (Å²) in [7, 11) is 0. The first kappa shape index (κ1) is 11.9. The van der Waals surface area contributed by atoms with Gasteiger partial charge in [0.1, 0.15) is 17.2 Å². The molecule has 17 heavy (non-hydrogen) atoms. The molecule has 1 saturated heterocycles. The van der Waals surface area contributed by atoms with Crippen LogP contribution < -0.4 is 5.84 Å². The highest BCUT2D eigenvalue weighted by atomic mass is 19.1. The monoisotopic (exact) mass is 241 g/mol. The van der Waals surface area contributed by atoms with Gasteiger partial charge in [0.15, 0.2) is 0 Å². The molecule has 0 spiro atoms. The Hall–Kier alpha value is -1.53. The fourth-order valence-corrected chi connectivity index (χ4v) is 1.96. The standard InChI is InChI=1S/C11H13F2N3O/c1-7-11(17-7,5-16(15)6-14)9-3-2-8(12)4-10(9)13/h2-4,6-7,14H,5,15H2,1H3/t7-,11+/m0/s1. The molecular formula is C11H13F2N3O.